The molecule has 1 aromatic carbocycles. The maximum Gasteiger partial charge on any atom is 0.311 e. The van der Waals surface area contributed by atoms with Gasteiger partial charge in [0.25, 0.3) is 5.91 Å². The van der Waals surface area contributed by atoms with Gasteiger partial charge in [0, 0.05) is 10.6 Å². The first-order chi connectivity index (χ1) is 12.5. The molecule has 3 aromatic rings. The molecule has 1 atom stereocenters. The zero-order valence-electron chi connectivity index (χ0n) is 13.5. The van der Waals surface area contributed by atoms with Crippen LogP contribution in [0.25, 0.3) is 11.2 Å². The van der Waals surface area contributed by atoms with Crippen LogP contribution in [0.5, 0.6) is 0 Å². The van der Waals surface area contributed by atoms with Gasteiger partial charge in [0.1, 0.15) is 17.7 Å². The molecule has 134 valence electrons. The number of hydrogen-bond acceptors (Lipinski definition) is 6. The Balaban J connectivity index is 1.64. The number of carbonyl (C=O) groups excluding carboxylic acids is 2. The lowest BCUT2D eigenvalue weighted by Gasteiger charge is -2.14. The minimum absolute atomic E-state index is 0.0155. The van der Waals surface area contributed by atoms with Gasteiger partial charge >= 0.3 is 5.97 Å². The molecule has 3 rings (SSSR count). The topological polar surface area (TPSA) is 110 Å². The number of rotatable bonds is 5. The number of carbonyl (C=O) groups is 2. The van der Waals surface area contributed by atoms with E-state index in [1.54, 1.807) is 0 Å². The smallest absolute Gasteiger partial charge is 0.311 e. The van der Waals surface area contributed by atoms with E-state index in [1.807, 2.05) is 0 Å². The molecule has 10 heteroatoms. The molecule has 0 fully saturated rings. The second-order valence-electron chi connectivity index (χ2n) is 5.32. The SMILES string of the molecule is CC(OC(=O)Cc1c(F)cccc1Cl)C(=O)Nc1ncnc2nc[nH]c12. The number of fused-ring (bicyclic) bond motifs is 1. The van der Waals surface area contributed by atoms with Gasteiger partial charge in [-0.05, 0) is 19.1 Å². The molecule has 26 heavy (non-hydrogen) atoms. The highest BCUT2D eigenvalue weighted by Crippen LogP contribution is 2.20. The van der Waals surface area contributed by atoms with Gasteiger partial charge in [-0.15, -0.1) is 0 Å². The van der Waals surface area contributed by atoms with Crippen LogP contribution in [-0.4, -0.2) is 37.9 Å². The third-order valence-electron chi connectivity index (χ3n) is 3.52. The van der Waals surface area contributed by atoms with Gasteiger partial charge in [-0.1, -0.05) is 17.7 Å². The van der Waals surface area contributed by atoms with E-state index in [0.717, 1.165) is 0 Å². The number of H-pyrrole nitrogens is 1. The molecule has 0 aliphatic rings. The largest absolute Gasteiger partial charge is 0.452 e. The minimum atomic E-state index is -1.12. The van der Waals surface area contributed by atoms with E-state index in [0.29, 0.717) is 11.2 Å². The van der Waals surface area contributed by atoms with Gasteiger partial charge in [0.2, 0.25) is 0 Å². The van der Waals surface area contributed by atoms with E-state index in [2.05, 4.69) is 25.3 Å². The number of imidazole rings is 1. The molecule has 0 spiro atoms. The van der Waals surface area contributed by atoms with Gasteiger partial charge < -0.3 is 15.0 Å². The second kappa shape index (κ2) is 7.44. The van der Waals surface area contributed by atoms with Crippen molar-refractivity contribution in [3.05, 3.63) is 47.3 Å². The Bertz CT molecular complexity index is 957. The van der Waals surface area contributed by atoms with Crippen molar-refractivity contribution in [3.63, 3.8) is 0 Å². The maximum atomic E-state index is 13.7. The third kappa shape index (κ3) is 3.77. The molecule has 0 aliphatic heterocycles. The van der Waals surface area contributed by atoms with Gasteiger partial charge in [-0.2, -0.15) is 0 Å². The average Bonchev–Trinajstić information content (AvgIpc) is 3.08. The molecular weight excluding hydrogens is 365 g/mol. The van der Waals surface area contributed by atoms with Crippen molar-refractivity contribution in [2.24, 2.45) is 0 Å². The fourth-order valence-corrected chi connectivity index (χ4v) is 2.45. The Kier molecular flexibility index (Phi) is 5.08. The van der Waals surface area contributed by atoms with Crippen LogP contribution in [-0.2, 0) is 20.7 Å². The molecule has 1 amide bonds. The summed E-state index contributed by atoms with van der Waals surface area (Å²) >= 11 is 5.87. The van der Waals surface area contributed by atoms with E-state index in [9.17, 15) is 14.0 Å². The molecule has 8 nitrogen and oxygen atoms in total. The number of halogens is 2. The summed E-state index contributed by atoms with van der Waals surface area (Å²) in [5, 5.41) is 2.64. The summed E-state index contributed by atoms with van der Waals surface area (Å²) in [5.74, 6) is -1.80. The summed E-state index contributed by atoms with van der Waals surface area (Å²) in [6, 6.07) is 4.09. The van der Waals surface area contributed by atoms with Crippen molar-refractivity contribution in [1.29, 1.82) is 0 Å². The minimum Gasteiger partial charge on any atom is -0.452 e. The highest BCUT2D eigenvalue weighted by atomic mass is 35.5. The number of nitrogens with zero attached hydrogens (tertiary/aromatic N) is 3. The zero-order chi connectivity index (χ0) is 18.7. The van der Waals surface area contributed by atoms with Crippen molar-refractivity contribution in [1.82, 2.24) is 19.9 Å². The van der Waals surface area contributed by atoms with E-state index < -0.39 is 23.8 Å². The van der Waals surface area contributed by atoms with Crippen LogP contribution in [0.3, 0.4) is 0 Å². The summed E-state index contributed by atoms with van der Waals surface area (Å²) in [6.07, 6.45) is 1.15. The van der Waals surface area contributed by atoms with Gasteiger partial charge in [-0.25, -0.2) is 19.3 Å². The fourth-order valence-electron chi connectivity index (χ4n) is 2.22. The van der Waals surface area contributed by atoms with Crippen LogP contribution in [0, 0.1) is 5.82 Å². The first-order valence-electron chi connectivity index (χ1n) is 7.53. The van der Waals surface area contributed by atoms with Crippen LogP contribution in [0.2, 0.25) is 5.02 Å². The Morgan fingerprint density at radius 2 is 2.15 bits per heavy atom. The number of benzene rings is 1. The lowest BCUT2D eigenvalue weighted by molar-refractivity contribution is -0.152. The standard InChI is InChI=1S/C16H13ClFN5O3/c1-8(26-12(24)5-9-10(17)3-2-4-11(9)18)16(25)23-15-13-14(20-6-19-13)21-7-22-15/h2-4,6-8H,5H2,1H3,(H2,19,20,21,22,23,25). The van der Waals surface area contributed by atoms with Crippen molar-refractivity contribution < 1.29 is 18.7 Å². The number of amides is 1. The Morgan fingerprint density at radius 3 is 2.92 bits per heavy atom. The quantitative estimate of drug-likeness (QED) is 0.660. The first-order valence-corrected chi connectivity index (χ1v) is 7.91. The molecule has 2 heterocycles. The third-order valence-corrected chi connectivity index (χ3v) is 3.88. The number of ether oxygens (including phenoxy) is 1. The number of nitrogens with one attached hydrogen (secondary N) is 2. The van der Waals surface area contributed by atoms with Crippen molar-refractivity contribution in [2.45, 2.75) is 19.4 Å². The van der Waals surface area contributed by atoms with Gasteiger partial charge in [0.15, 0.2) is 17.6 Å². The monoisotopic (exact) mass is 377 g/mol. The van der Waals surface area contributed by atoms with Crippen LogP contribution in [0.4, 0.5) is 10.2 Å². The molecule has 0 saturated carbocycles. The van der Waals surface area contributed by atoms with Crippen LogP contribution in [0.15, 0.2) is 30.9 Å². The van der Waals surface area contributed by atoms with Crippen LogP contribution >= 0.6 is 11.6 Å². The zero-order valence-corrected chi connectivity index (χ0v) is 14.2. The second-order valence-corrected chi connectivity index (χ2v) is 5.73. The van der Waals surface area contributed by atoms with Crippen molar-refractivity contribution in [3.8, 4) is 0 Å². The Hall–Kier alpha value is -3.07. The van der Waals surface area contributed by atoms with Gasteiger partial charge in [0.05, 0.1) is 12.7 Å². The summed E-state index contributed by atoms with van der Waals surface area (Å²) in [4.78, 5) is 38.8. The van der Waals surface area contributed by atoms with E-state index in [-0.39, 0.29) is 22.8 Å². The Morgan fingerprint density at radius 1 is 1.35 bits per heavy atom. The molecule has 2 aromatic heterocycles. The van der Waals surface area contributed by atoms with Crippen LogP contribution < -0.4 is 5.32 Å². The molecule has 2 N–H and O–H groups in total. The summed E-state index contributed by atoms with van der Waals surface area (Å²) in [5.41, 5.74) is 0.841. The molecule has 0 saturated heterocycles. The number of hydrogen-bond donors (Lipinski definition) is 2. The molecule has 0 aliphatic carbocycles. The summed E-state index contributed by atoms with van der Waals surface area (Å²) in [6.45, 7) is 1.39. The normalized spacial score (nSPS) is 12.0. The van der Waals surface area contributed by atoms with Crippen molar-refractivity contribution >= 4 is 40.5 Å². The fraction of sp³-hybridized carbons (Fsp3) is 0.188. The highest BCUT2D eigenvalue weighted by Gasteiger charge is 2.21. The number of aromatic nitrogens is 4. The summed E-state index contributed by atoms with van der Waals surface area (Å²) in [7, 11) is 0. The van der Waals surface area contributed by atoms with Gasteiger partial charge in [-0.3, -0.25) is 9.59 Å². The lowest BCUT2D eigenvalue weighted by Crippen LogP contribution is -2.31. The highest BCUT2D eigenvalue weighted by molar-refractivity contribution is 6.31. The predicted molar refractivity (Wildman–Crippen MR) is 91.0 cm³/mol. The lowest BCUT2D eigenvalue weighted by atomic mass is 10.1. The maximum absolute atomic E-state index is 13.7. The molecule has 0 bridgehead atoms. The molecular formula is C16H13ClFN5O3. The first kappa shape index (κ1) is 17.7. The van der Waals surface area contributed by atoms with Crippen LogP contribution in [0.1, 0.15) is 12.5 Å². The molecule has 1 unspecified atom stereocenters. The number of aromatic amines is 1. The van der Waals surface area contributed by atoms with E-state index >= 15 is 0 Å². The van der Waals surface area contributed by atoms with E-state index in [4.69, 9.17) is 16.3 Å². The van der Waals surface area contributed by atoms with Crippen molar-refractivity contribution in [2.75, 3.05) is 5.32 Å². The average molecular weight is 378 g/mol. The van der Waals surface area contributed by atoms with E-state index in [1.165, 1.54) is 37.8 Å². The Labute approximate surface area is 151 Å². The molecule has 0 radical (unpaired) electrons. The number of esters is 1. The number of anilines is 1. The summed E-state index contributed by atoms with van der Waals surface area (Å²) < 4.78 is 18.8. The predicted octanol–water partition coefficient (Wildman–Crippen LogP) is 2.26.